The summed E-state index contributed by atoms with van der Waals surface area (Å²) >= 11 is 0. The van der Waals surface area contributed by atoms with Crippen molar-refractivity contribution >= 4 is 29.3 Å². The standard InChI is InChI=1S/C21H27N7O2/c1-3-15-19(30)25(2)16-13-23-20(24-18(16)28(15)14-7-4-5-8-14)27-12-10-22-21(27)26-11-6-9-17(26)29/h10,12-15H,3-9,11H2,1-2H3. The van der Waals surface area contributed by atoms with Gasteiger partial charge in [0, 0.05) is 38.4 Å². The van der Waals surface area contributed by atoms with Crippen LogP contribution in [0.25, 0.3) is 5.95 Å². The summed E-state index contributed by atoms with van der Waals surface area (Å²) in [6.07, 6.45) is 11.8. The molecule has 9 heteroatoms. The Morgan fingerprint density at radius 2 is 1.93 bits per heavy atom. The maximum atomic E-state index is 13.0. The molecule has 2 amide bonds. The zero-order valence-corrected chi connectivity index (χ0v) is 17.5. The molecular formula is C21H27N7O2. The molecule has 158 valence electrons. The summed E-state index contributed by atoms with van der Waals surface area (Å²) in [7, 11) is 1.80. The van der Waals surface area contributed by atoms with Crippen molar-refractivity contribution in [2.45, 2.75) is 64.0 Å². The number of hydrogen-bond donors (Lipinski definition) is 0. The van der Waals surface area contributed by atoms with Gasteiger partial charge in [-0.3, -0.25) is 19.1 Å². The molecule has 0 radical (unpaired) electrons. The number of fused-ring (bicyclic) bond motifs is 1. The predicted molar refractivity (Wildman–Crippen MR) is 113 cm³/mol. The minimum absolute atomic E-state index is 0.0735. The second-order valence-corrected chi connectivity index (χ2v) is 8.29. The molecule has 1 saturated carbocycles. The monoisotopic (exact) mass is 409 g/mol. The average molecular weight is 409 g/mol. The van der Waals surface area contributed by atoms with Crippen LogP contribution in [0, 0.1) is 0 Å². The molecule has 1 unspecified atom stereocenters. The van der Waals surface area contributed by atoms with Crippen molar-refractivity contribution in [3.05, 3.63) is 18.6 Å². The van der Waals surface area contributed by atoms with E-state index in [-0.39, 0.29) is 17.9 Å². The van der Waals surface area contributed by atoms with E-state index in [9.17, 15) is 9.59 Å². The number of rotatable bonds is 4. The fraction of sp³-hybridized carbons (Fsp3) is 0.571. The first kappa shape index (κ1) is 19.0. The molecule has 2 aromatic heterocycles. The molecule has 1 atom stereocenters. The van der Waals surface area contributed by atoms with E-state index >= 15 is 0 Å². The molecule has 0 aromatic carbocycles. The van der Waals surface area contributed by atoms with Crippen LogP contribution in [0.1, 0.15) is 51.9 Å². The van der Waals surface area contributed by atoms with Gasteiger partial charge >= 0.3 is 0 Å². The molecule has 2 aliphatic heterocycles. The lowest BCUT2D eigenvalue weighted by Crippen LogP contribution is -2.55. The number of anilines is 3. The van der Waals surface area contributed by atoms with Crippen molar-refractivity contribution in [2.24, 2.45) is 0 Å². The lowest BCUT2D eigenvalue weighted by molar-refractivity contribution is -0.120. The van der Waals surface area contributed by atoms with Crippen molar-refractivity contribution in [3.63, 3.8) is 0 Å². The molecule has 0 N–H and O–H groups in total. The lowest BCUT2D eigenvalue weighted by atomic mass is 10.0. The van der Waals surface area contributed by atoms with E-state index in [4.69, 9.17) is 4.98 Å². The smallest absolute Gasteiger partial charge is 0.249 e. The molecule has 1 aliphatic carbocycles. The third-order valence-electron chi connectivity index (χ3n) is 6.55. The number of carbonyl (C=O) groups is 2. The highest BCUT2D eigenvalue weighted by Gasteiger charge is 2.41. The van der Waals surface area contributed by atoms with E-state index in [2.05, 4.69) is 21.8 Å². The van der Waals surface area contributed by atoms with Crippen LogP contribution in [-0.4, -0.2) is 57.0 Å². The third kappa shape index (κ3) is 2.86. The van der Waals surface area contributed by atoms with Gasteiger partial charge in [-0.25, -0.2) is 9.97 Å². The highest BCUT2D eigenvalue weighted by molar-refractivity contribution is 6.04. The predicted octanol–water partition coefficient (Wildman–Crippen LogP) is 2.29. The van der Waals surface area contributed by atoms with Crippen LogP contribution in [0.4, 0.5) is 17.5 Å². The van der Waals surface area contributed by atoms with Crippen LogP contribution in [-0.2, 0) is 9.59 Å². The number of aromatic nitrogens is 4. The summed E-state index contributed by atoms with van der Waals surface area (Å²) in [5, 5.41) is 0. The first-order chi connectivity index (χ1) is 14.6. The Bertz CT molecular complexity index is 981. The molecule has 30 heavy (non-hydrogen) atoms. The molecule has 0 spiro atoms. The zero-order valence-electron chi connectivity index (χ0n) is 17.5. The van der Waals surface area contributed by atoms with Gasteiger partial charge in [-0.15, -0.1) is 0 Å². The maximum absolute atomic E-state index is 13.0. The van der Waals surface area contributed by atoms with E-state index in [0.717, 1.165) is 37.2 Å². The summed E-state index contributed by atoms with van der Waals surface area (Å²) < 4.78 is 1.77. The van der Waals surface area contributed by atoms with Gasteiger partial charge in [0.05, 0.1) is 6.20 Å². The van der Waals surface area contributed by atoms with Gasteiger partial charge in [0.15, 0.2) is 5.82 Å². The number of amides is 2. The van der Waals surface area contributed by atoms with Gasteiger partial charge in [-0.05, 0) is 25.7 Å². The van der Waals surface area contributed by atoms with Crippen molar-refractivity contribution in [2.75, 3.05) is 28.3 Å². The van der Waals surface area contributed by atoms with E-state index in [1.807, 2.05) is 0 Å². The fourth-order valence-electron chi connectivity index (χ4n) is 5.00. The van der Waals surface area contributed by atoms with Crippen molar-refractivity contribution in [1.29, 1.82) is 0 Å². The Balaban J connectivity index is 1.60. The summed E-state index contributed by atoms with van der Waals surface area (Å²) in [6, 6.07) is 0.104. The Morgan fingerprint density at radius 1 is 1.13 bits per heavy atom. The van der Waals surface area contributed by atoms with Crippen LogP contribution in [0.3, 0.4) is 0 Å². The van der Waals surface area contributed by atoms with Crippen LogP contribution in [0.5, 0.6) is 0 Å². The second kappa shape index (κ2) is 7.37. The first-order valence-corrected chi connectivity index (χ1v) is 10.9. The van der Waals surface area contributed by atoms with Gasteiger partial charge in [0.25, 0.3) is 0 Å². The van der Waals surface area contributed by atoms with Crippen molar-refractivity contribution in [3.8, 4) is 5.95 Å². The Kier molecular flexibility index (Phi) is 4.67. The highest BCUT2D eigenvalue weighted by Crippen LogP contribution is 2.39. The average Bonchev–Trinajstić information content (AvgIpc) is 3.51. The van der Waals surface area contributed by atoms with Crippen LogP contribution in [0.2, 0.25) is 0 Å². The number of hydrogen-bond acceptors (Lipinski definition) is 6. The molecule has 5 rings (SSSR count). The lowest BCUT2D eigenvalue weighted by Gasteiger charge is -2.43. The molecular weight excluding hydrogens is 382 g/mol. The maximum Gasteiger partial charge on any atom is 0.249 e. The van der Waals surface area contributed by atoms with Gasteiger partial charge in [0.1, 0.15) is 11.7 Å². The fourth-order valence-corrected chi connectivity index (χ4v) is 5.00. The highest BCUT2D eigenvalue weighted by atomic mass is 16.2. The van der Waals surface area contributed by atoms with E-state index in [0.29, 0.717) is 30.9 Å². The molecule has 0 bridgehead atoms. The number of nitrogens with zero attached hydrogens (tertiary/aromatic N) is 7. The number of carbonyl (C=O) groups excluding carboxylic acids is 2. The molecule has 2 fully saturated rings. The van der Waals surface area contributed by atoms with Crippen molar-refractivity contribution in [1.82, 2.24) is 19.5 Å². The normalized spacial score (nSPS) is 22.3. The van der Waals surface area contributed by atoms with Crippen LogP contribution in [0.15, 0.2) is 18.6 Å². The minimum Gasteiger partial charge on any atom is -0.340 e. The van der Waals surface area contributed by atoms with E-state index in [1.165, 1.54) is 12.8 Å². The van der Waals surface area contributed by atoms with Gasteiger partial charge < -0.3 is 9.80 Å². The summed E-state index contributed by atoms with van der Waals surface area (Å²) in [6.45, 7) is 2.71. The largest absolute Gasteiger partial charge is 0.340 e. The molecule has 4 heterocycles. The molecule has 9 nitrogen and oxygen atoms in total. The quantitative estimate of drug-likeness (QED) is 0.770. The van der Waals surface area contributed by atoms with Gasteiger partial charge in [-0.2, -0.15) is 4.98 Å². The van der Waals surface area contributed by atoms with Crippen LogP contribution < -0.4 is 14.7 Å². The van der Waals surface area contributed by atoms with Crippen molar-refractivity contribution < 1.29 is 9.59 Å². The summed E-state index contributed by atoms with van der Waals surface area (Å²) in [5.74, 6) is 2.00. The Labute approximate surface area is 175 Å². The molecule has 1 saturated heterocycles. The minimum atomic E-state index is -0.212. The topological polar surface area (TPSA) is 87.5 Å². The Hall–Kier alpha value is -2.97. The molecule has 2 aromatic rings. The number of likely N-dealkylation sites (N-methyl/N-ethyl adjacent to an activating group) is 1. The van der Waals surface area contributed by atoms with Gasteiger partial charge in [-0.1, -0.05) is 19.8 Å². The van der Waals surface area contributed by atoms with Gasteiger partial charge in [0.2, 0.25) is 23.7 Å². The number of imidazole rings is 1. The molecule has 3 aliphatic rings. The summed E-state index contributed by atoms with van der Waals surface area (Å²) in [5.41, 5.74) is 0.735. The van der Waals surface area contributed by atoms with Crippen LogP contribution >= 0.6 is 0 Å². The second-order valence-electron chi connectivity index (χ2n) is 8.29. The van der Waals surface area contributed by atoms with E-state index in [1.54, 1.807) is 40.0 Å². The summed E-state index contributed by atoms with van der Waals surface area (Å²) in [4.78, 5) is 44.8. The zero-order chi connectivity index (χ0) is 20.8. The third-order valence-corrected chi connectivity index (χ3v) is 6.55. The van der Waals surface area contributed by atoms with E-state index < -0.39 is 0 Å². The SMILES string of the molecule is CCC1C(=O)N(C)c2cnc(-n3ccnc3N3CCCC3=O)nc2N1C1CCCC1. The Morgan fingerprint density at radius 3 is 2.63 bits per heavy atom. The first-order valence-electron chi connectivity index (χ1n) is 10.9.